The van der Waals surface area contributed by atoms with E-state index < -0.39 is 0 Å². The summed E-state index contributed by atoms with van der Waals surface area (Å²) in [5, 5.41) is 12.4. The lowest BCUT2D eigenvalue weighted by atomic mass is 10.2. The van der Waals surface area contributed by atoms with E-state index in [4.69, 9.17) is 6.42 Å². The summed E-state index contributed by atoms with van der Waals surface area (Å²) in [5.41, 5.74) is 0. The molecule has 2 heteroatoms. The minimum Gasteiger partial charge on any atom is -0.393 e. The molecule has 0 rings (SSSR count). The van der Waals surface area contributed by atoms with Crippen LogP contribution < -0.4 is 5.32 Å². The third-order valence-corrected chi connectivity index (χ3v) is 1.80. The molecule has 0 radical (unpaired) electrons. The van der Waals surface area contributed by atoms with Gasteiger partial charge in [-0.05, 0) is 32.4 Å². The van der Waals surface area contributed by atoms with Gasteiger partial charge < -0.3 is 10.4 Å². The van der Waals surface area contributed by atoms with Gasteiger partial charge in [-0.15, -0.1) is 12.3 Å². The van der Waals surface area contributed by atoms with E-state index in [-0.39, 0.29) is 6.10 Å². The van der Waals surface area contributed by atoms with Crippen molar-refractivity contribution in [2.75, 3.05) is 13.1 Å². The molecule has 0 spiro atoms. The van der Waals surface area contributed by atoms with Crippen LogP contribution in [0.15, 0.2) is 0 Å². The number of unbranched alkanes of at least 4 members (excludes halogenated alkanes) is 1. The molecule has 1 unspecified atom stereocenters. The predicted molar refractivity (Wildman–Crippen MR) is 51.9 cm³/mol. The Morgan fingerprint density at radius 1 is 1.50 bits per heavy atom. The van der Waals surface area contributed by atoms with E-state index in [2.05, 4.69) is 11.2 Å². The van der Waals surface area contributed by atoms with Gasteiger partial charge in [-0.1, -0.05) is 6.92 Å². The van der Waals surface area contributed by atoms with Crippen molar-refractivity contribution >= 4 is 0 Å². The van der Waals surface area contributed by atoms with Gasteiger partial charge in [0.2, 0.25) is 0 Å². The Balaban J connectivity index is 2.96. The minimum atomic E-state index is -0.148. The van der Waals surface area contributed by atoms with Gasteiger partial charge in [0, 0.05) is 6.42 Å². The van der Waals surface area contributed by atoms with Crippen molar-refractivity contribution in [2.45, 2.75) is 38.7 Å². The van der Waals surface area contributed by atoms with E-state index in [1.54, 1.807) is 0 Å². The maximum absolute atomic E-state index is 9.19. The summed E-state index contributed by atoms with van der Waals surface area (Å²) in [5.74, 6) is 2.59. The lowest BCUT2D eigenvalue weighted by Crippen LogP contribution is -2.21. The van der Waals surface area contributed by atoms with Gasteiger partial charge in [-0.3, -0.25) is 0 Å². The monoisotopic (exact) mass is 169 g/mol. The number of aliphatic hydroxyl groups is 1. The average molecular weight is 169 g/mol. The van der Waals surface area contributed by atoms with Crippen LogP contribution in [0.25, 0.3) is 0 Å². The van der Waals surface area contributed by atoms with E-state index >= 15 is 0 Å². The molecule has 0 amide bonds. The molecule has 0 aliphatic carbocycles. The van der Waals surface area contributed by atoms with E-state index in [0.29, 0.717) is 0 Å². The Labute approximate surface area is 75.4 Å². The van der Waals surface area contributed by atoms with E-state index in [0.717, 1.165) is 38.8 Å². The number of nitrogens with one attached hydrogen (secondary N) is 1. The molecule has 0 bridgehead atoms. The Bertz CT molecular complexity index is 128. The molecule has 0 aliphatic heterocycles. The van der Waals surface area contributed by atoms with Crippen molar-refractivity contribution in [2.24, 2.45) is 0 Å². The molecule has 0 aliphatic rings. The van der Waals surface area contributed by atoms with Crippen LogP contribution in [0.3, 0.4) is 0 Å². The Morgan fingerprint density at radius 3 is 2.83 bits per heavy atom. The van der Waals surface area contributed by atoms with Crippen molar-refractivity contribution < 1.29 is 5.11 Å². The Kier molecular flexibility index (Phi) is 8.20. The van der Waals surface area contributed by atoms with Gasteiger partial charge in [0.25, 0.3) is 0 Å². The maximum Gasteiger partial charge on any atom is 0.0549 e. The molecular formula is C10H19NO. The molecule has 0 heterocycles. The summed E-state index contributed by atoms with van der Waals surface area (Å²) in [6.07, 6.45) is 8.49. The second kappa shape index (κ2) is 8.58. The smallest absolute Gasteiger partial charge is 0.0549 e. The van der Waals surface area contributed by atoms with Gasteiger partial charge in [-0.2, -0.15) is 0 Å². The Hall–Kier alpha value is -0.520. The van der Waals surface area contributed by atoms with Crippen LogP contribution in [0.4, 0.5) is 0 Å². The third-order valence-electron chi connectivity index (χ3n) is 1.80. The summed E-state index contributed by atoms with van der Waals surface area (Å²) < 4.78 is 0. The SMILES string of the molecule is C#CCCCNCCC(O)CC. The average Bonchev–Trinajstić information content (AvgIpc) is 2.10. The molecule has 0 fully saturated rings. The zero-order chi connectivity index (χ0) is 9.23. The maximum atomic E-state index is 9.19. The normalized spacial score (nSPS) is 12.4. The summed E-state index contributed by atoms with van der Waals surface area (Å²) >= 11 is 0. The van der Waals surface area contributed by atoms with E-state index in [9.17, 15) is 5.11 Å². The molecule has 0 saturated heterocycles. The minimum absolute atomic E-state index is 0.148. The second-order valence-electron chi connectivity index (χ2n) is 2.91. The topological polar surface area (TPSA) is 32.3 Å². The van der Waals surface area contributed by atoms with Crippen molar-refractivity contribution in [3.8, 4) is 12.3 Å². The molecule has 12 heavy (non-hydrogen) atoms. The van der Waals surface area contributed by atoms with Crippen LogP contribution in [-0.4, -0.2) is 24.3 Å². The fraction of sp³-hybridized carbons (Fsp3) is 0.800. The molecule has 0 saturated carbocycles. The van der Waals surface area contributed by atoms with Crippen LogP contribution in [0.2, 0.25) is 0 Å². The lowest BCUT2D eigenvalue weighted by Gasteiger charge is -2.07. The lowest BCUT2D eigenvalue weighted by molar-refractivity contribution is 0.160. The molecule has 2 N–H and O–H groups in total. The zero-order valence-corrected chi connectivity index (χ0v) is 7.84. The van der Waals surface area contributed by atoms with Crippen molar-refractivity contribution in [3.05, 3.63) is 0 Å². The summed E-state index contributed by atoms with van der Waals surface area (Å²) in [7, 11) is 0. The Morgan fingerprint density at radius 2 is 2.25 bits per heavy atom. The first-order chi connectivity index (χ1) is 5.81. The fourth-order valence-corrected chi connectivity index (χ4v) is 0.913. The van der Waals surface area contributed by atoms with Gasteiger partial charge in [0.15, 0.2) is 0 Å². The largest absolute Gasteiger partial charge is 0.393 e. The van der Waals surface area contributed by atoms with E-state index in [1.807, 2.05) is 6.92 Å². The highest BCUT2D eigenvalue weighted by atomic mass is 16.3. The first-order valence-electron chi connectivity index (χ1n) is 4.63. The summed E-state index contributed by atoms with van der Waals surface area (Å²) in [6, 6.07) is 0. The highest BCUT2D eigenvalue weighted by Crippen LogP contribution is 1.94. The summed E-state index contributed by atoms with van der Waals surface area (Å²) in [4.78, 5) is 0. The first kappa shape index (κ1) is 11.5. The molecule has 70 valence electrons. The summed E-state index contributed by atoms with van der Waals surface area (Å²) in [6.45, 7) is 3.84. The zero-order valence-electron chi connectivity index (χ0n) is 7.84. The van der Waals surface area contributed by atoms with Crippen LogP contribution in [0.5, 0.6) is 0 Å². The highest BCUT2D eigenvalue weighted by Gasteiger charge is 1.98. The van der Waals surface area contributed by atoms with Crippen molar-refractivity contribution in [3.63, 3.8) is 0 Å². The van der Waals surface area contributed by atoms with Gasteiger partial charge in [0.05, 0.1) is 6.10 Å². The molecule has 1 atom stereocenters. The first-order valence-corrected chi connectivity index (χ1v) is 4.63. The number of hydrogen-bond donors (Lipinski definition) is 2. The number of aliphatic hydroxyl groups excluding tert-OH is 1. The van der Waals surface area contributed by atoms with Crippen LogP contribution >= 0.6 is 0 Å². The van der Waals surface area contributed by atoms with Gasteiger partial charge in [-0.25, -0.2) is 0 Å². The quantitative estimate of drug-likeness (QED) is 0.442. The van der Waals surface area contributed by atoms with Crippen molar-refractivity contribution in [1.82, 2.24) is 5.32 Å². The number of hydrogen-bond acceptors (Lipinski definition) is 2. The fourth-order valence-electron chi connectivity index (χ4n) is 0.913. The third kappa shape index (κ3) is 7.59. The van der Waals surface area contributed by atoms with E-state index in [1.165, 1.54) is 0 Å². The molecule has 0 aromatic carbocycles. The molecule has 2 nitrogen and oxygen atoms in total. The predicted octanol–water partition coefficient (Wildman–Crippen LogP) is 1.15. The van der Waals surface area contributed by atoms with Gasteiger partial charge >= 0.3 is 0 Å². The second-order valence-corrected chi connectivity index (χ2v) is 2.91. The van der Waals surface area contributed by atoms with Gasteiger partial charge in [0.1, 0.15) is 0 Å². The molecule has 0 aromatic rings. The number of rotatable bonds is 7. The molecular weight excluding hydrogens is 150 g/mol. The van der Waals surface area contributed by atoms with Crippen LogP contribution in [0, 0.1) is 12.3 Å². The standard InChI is InChI=1S/C10H19NO/c1-3-5-6-8-11-9-7-10(12)4-2/h1,10-12H,4-9H2,2H3. The van der Waals surface area contributed by atoms with Crippen LogP contribution in [0.1, 0.15) is 32.6 Å². The number of terminal acetylenes is 1. The molecule has 0 aromatic heterocycles. The van der Waals surface area contributed by atoms with Crippen molar-refractivity contribution in [1.29, 1.82) is 0 Å². The highest BCUT2D eigenvalue weighted by molar-refractivity contribution is 4.83. The van der Waals surface area contributed by atoms with Crippen LogP contribution in [-0.2, 0) is 0 Å².